The average molecular weight is 502 g/mol. The Bertz CT molecular complexity index is 1280. The lowest BCUT2D eigenvalue weighted by molar-refractivity contribution is -0.149. The predicted octanol–water partition coefficient (Wildman–Crippen LogP) is 7.38. The molecule has 2 aromatic rings. The number of aromatic nitrogens is 1. The predicted molar refractivity (Wildman–Crippen MR) is 141 cm³/mol. The van der Waals surface area contributed by atoms with Gasteiger partial charge in [-0.3, -0.25) is 14.6 Å². The second-order valence-corrected chi connectivity index (χ2v) is 12.2. The summed E-state index contributed by atoms with van der Waals surface area (Å²) in [5.74, 6) is 0.674. The summed E-state index contributed by atoms with van der Waals surface area (Å²) in [5.41, 5.74) is 4.95. The van der Waals surface area contributed by atoms with E-state index in [1.165, 1.54) is 22.9 Å². The minimum atomic E-state index is -0.739. The number of hydrogen-bond acceptors (Lipinski definition) is 3. The van der Waals surface area contributed by atoms with Crippen LogP contribution >= 0.6 is 0 Å². The van der Waals surface area contributed by atoms with E-state index in [1.807, 2.05) is 6.07 Å². The van der Waals surface area contributed by atoms with E-state index in [1.54, 1.807) is 12.3 Å². The number of halogens is 1. The number of fused-ring (bicyclic) bond motifs is 5. The molecule has 0 radical (unpaired) electrons. The molecule has 0 aliphatic heterocycles. The van der Waals surface area contributed by atoms with Gasteiger partial charge in [0, 0.05) is 18.2 Å². The molecular weight excluding hydrogens is 465 g/mol. The van der Waals surface area contributed by atoms with E-state index >= 15 is 0 Å². The van der Waals surface area contributed by atoms with Crippen LogP contribution in [0.25, 0.3) is 5.57 Å². The van der Waals surface area contributed by atoms with Gasteiger partial charge in [-0.05, 0) is 109 Å². The summed E-state index contributed by atoms with van der Waals surface area (Å²) < 4.78 is 13.9. The summed E-state index contributed by atoms with van der Waals surface area (Å²) in [6, 6.07) is 7.89. The molecule has 1 aromatic carbocycles. The van der Waals surface area contributed by atoms with Crippen LogP contribution in [-0.2, 0) is 11.2 Å². The van der Waals surface area contributed by atoms with Crippen molar-refractivity contribution in [2.24, 2.45) is 22.7 Å². The smallest absolute Gasteiger partial charge is 0.309 e. The van der Waals surface area contributed by atoms with Gasteiger partial charge in [-0.1, -0.05) is 38.0 Å². The summed E-state index contributed by atoms with van der Waals surface area (Å²) in [6.45, 7) is 2.36. The molecule has 6 rings (SSSR count). The summed E-state index contributed by atoms with van der Waals surface area (Å²) in [7, 11) is 0. The highest BCUT2D eigenvalue weighted by atomic mass is 19.1. The van der Waals surface area contributed by atoms with Crippen molar-refractivity contribution >= 4 is 17.3 Å². The number of allylic oxidation sites excluding steroid dienone is 2. The Morgan fingerprint density at radius 1 is 1.11 bits per heavy atom. The number of benzene rings is 1. The van der Waals surface area contributed by atoms with E-state index in [-0.39, 0.29) is 17.0 Å². The second kappa shape index (κ2) is 9.18. The minimum Gasteiger partial charge on any atom is -0.481 e. The molecule has 2 fully saturated rings. The van der Waals surface area contributed by atoms with E-state index in [9.17, 15) is 19.1 Å². The minimum absolute atomic E-state index is 0.0460. The quantitative estimate of drug-likeness (QED) is 0.419. The molecular formula is C32H36FNO3. The van der Waals surface area contributed by atoms with E-state index < -0.39 is 11.4 Å². The van der Waals surface area contributed by atoms with Crippen LogP contribution in [-0.4, -0.2) is 21.8 Å². The van der Waals surface area contributed by atoms with Gasteiger partial charge in [0.2, 0.25) is 0 Å². The number of aryl methyl sites for hydroxylation is 1. The SMILES string of the molecule is C[C@]12CC[C@@H]3c4ccc(C(=O)CCC5(C(=O)O)CCCC5)cc4CC[C@H]3[C@@H]1CC=C2c1cncc(F)c1. The van der Waals surface area contributed by atoms with Crippen molar-refractivity contribution < 1.29 is 19.1 Å². The Morgan fingerprint density at radius 2 is 1.92 bits per heavy atom. The van der Waals surface area contributed by atoms with Crippen LogP contribution in [0.2, 0.25) is 0 Å². The number of carbonyl (C=O) groups is 2. The summed E-state index contributed by atoms with van der Waals surface area (Å²) >= 11 is 0. The monoisotopic (exact) mass is 501 g/mol. The maximum Gasteiger partial charge on any atom is 0.309 e. The van der Waals surface area contributed by atoms with Gasteiger partial charge in [0.05, 0.1) is 11.6 Å². The standard InChI is InChI=1S/C32H36FNO3/c1-31-14-10-25-24-6-5-21(29(35)11-15-32(30(36)37)12-2-3-13-32)16-20(24)4-7-26(25)28(31)9-8-27(31)22-17-23(33)19-34-18-22/h5-6,8,16-19,25-26,28H,2-4,7,9-15H2,1H3,(H,36,37)/t25-,26-,28+,31-/m1/s1. The molecule has 0 saturated heterocycles. The summed E-state index contributed by atoms with van der Waals surface area (Å²) in [6.07, 6.45) is 14.7. The second-order valence-electron chi connectivity index (χ2n) is 12.2. The number of carboxylic acids is 1. The molecule has 2 saturated carbocycles. The number of nitrogens with zero attached hydrogens (tertiary/aromatic N) is 1. The highest BCUT2D eigenvalue weighted by molar-refractivity contribution is 5.96. The zero-order valence-corrected chi connectivity index (χ0v) is 21.6. The number of ketones is 1. The van der Waals surface area contributed by atoms with Crippen molar-refractivity contribution in [1.82, 2.24) is 4.98 Å². The third-order valence-electron chi connectivity index (χ3n) is 10.5. The number of rotatable bonds is 6. The third kappa shape index (κ3) is 4.06. The van der Waals surface area contributed by atoms with Crippen LogP contribution in [0.3, 0.4) is 0 Å². The van der Waals surface area contributed by atoms with Crippen LogP contribution in [0.1, 0.15) is 104 Å². The first-order valence-electron chi connectivity index (χ1n) is 14.0. The first-order valence-corrected chi connectivity index (χ1v) is 14.0. The summed E-state index contributed by atoms with van der Waals surface area (Å²) in [5, 5.41) is 9.76. The number of carbonyl (C=O) groups excluding carboxylic acids is 1. The normalized spacial score (nSPS) is 29.7. The Labute approximate surface area is 218 Å². The molecule has 1 heterocycles. The Morgan fingerprint density at radius 3 is 2.68 bits per heavy atom. The Hall–Kier alpha value is -2.82. The van der Waals surface area contributed by atoms with Crippen molar-refractivity contribution in [1.29, 1.82) is 0 Å². The molecule has 1 N–H and O–H groups in total. The molecule has 194 valence electrons. The first kappa shape index (κ1) is 24.5. The van der Waals surface area contributed by atoms with Gasteiger partial charge in [0.25, 0.3) is 0 Å². The van der Waals surface area contributed by atoms with Gasteiger partial charge in [-0.2, -0.15) is 0 Å². The van der Waals surface area contributed by atoms with Crippen LogP contribution in [0, 0.1) is 28.5 Å². The number of Topliss-reactive ketones (excluding diaryl/α,β-unsaturated/α-hetero) is 1. The molecule has 4 atom stereocenters. The highest BCUT2D eigenvalue weighted by Gasteiger charge is 2.52. The van der Waals surface area contributed by atoms with Crippen molar-refractivity contribution in [2.75, 3.05) is 0 Å². The Balaban J connectivity index is 1.18. The highest BCUT2D eigenvalue weighted by Crippen LogP contribution is 2.63. The lowest BCUT2D eigenvalue weighted by Gasteiger charge is -2.50. The molecule has 0 amide bonds. The molecule has 4 nitrogen and oxygen atoms in total. The zero-order chi connectivity index (χ0) is 25.8. The summed E-state index contributed by atoms with van der Waals surface area (Å²) in [4.78, 5) is 29.1. The molecule has 4 aliphatic carbocycles. The molecule has 5 heteroatoms. The molecule has 37 heavy (non-hydrogen) atoms. The molecule has 0 spiro atoms. The van der Waals surface area contributed by atoms with Crippen LogP contribution in [0.15, 0.2) is 42.7 Å². The molecule has 0 bridgehead atoms. The van der Waals surface area contributed by atoms with Gasteiger partial charge in [-0.25, -0.2) is 4.39 Å². The first-order chi connectivity index (χ1) is 17.8. The Kier molecular flexibility index (Phi) is 6.08. The number of hydrogen-bond donors (Lipinski definition) is 1. The van der Waals surface area contributed by atoms with Crippen LogP contribution in [0.4, 0.5) is 4.39 Å². The zero-order valence-electron chi connectivity index (χ0n) is 21.6. The topological polar surface area (TPSA) is 67.3 Å². The fourth-order valence-corrected chi connectivity index (χ4v) is 8.45. The van der Waals surface area contributed by atoms with E-state index in [4.69, 9.17) is 0 Å². The number of carboxylic acid groups (broad SMARTS) is 1. The van der Waals surface area contributed by atoms with Crippen LogP contribution in [0.5, 0.6) is 0 Å². The van der Waals surface area contributed by atoms with Crippen molar-refractivity contribution in [3.05, 3.63) is 70.8 Å². The van der Waals surface area contributed by atoms with E-state index in [0.717, 1.165) is 56.1 Å². The maximum absolute atomic E-state index is 13.9. The number of pyridine rings is 1. The van der Waals surface area contributed by atoms with Crippen molar-refractivity contribution in [3.63, 3.8) is 0 Å². The van der Waals surface area contributed by atoms with Crippen LogP contribution < -0.4 is 0 Å². The van der Waals surface area contributed by atoms with Gasteiger partial charge in [-0.15, -0.1) is 0 Å². The van der Waals surface area contributed by atoms with Crippen molar-refractivity contribution in [2.45, 2.75) is 83.5 Å². The van der Waals surface area contributed by atoms with Gasteiger partial charge < -0.3 is 5.11 Å². The van der Waals surface area contributed by atoms with Gasteiger partial charge >= 0.3 is 5.97 Å². The maximum atomic E-state index is 13.9. The fourth-order valence-electron chi connectivity index (χ4n) is 8.45. The van der Waals surface area contributed by atoms with Gasteiger partial charge in [0.1, 0.15) is 5.82 Å². The van der Waals surface area contributed by atoms with Gasteiger partial charge in [0.15, 0.2) is 5.78 Å². The fraction of sp³-hybridized carbons (Fsp3) is 0.531. The van der Waals surface area contributed by atoms with Crippen molar-refractivity contribution in [3.8, 4) is 0 Å². The largest absolute Gasteiger partial charge is 0.481 e. The van der Waals surface area contributed by atoms with E-state index in [0.29, 0.717) is 43.4 Å². The average Bonchev–Trinajstić information content (AvgIpc) is 3.52. The number of aliphatic carboxylic acids is 1. The van der Waals surface area contributed by atoms with E-state index in [2.05, 4.69) is 30.1 Å². The lowest BCUT2D eigenvalue weighted by Crippen LogP contribution is -2.41. The molecule has 1 aromatic heterocycles. The molecule has 0 unspecified atom stereocenters. The molecule has 4 aliphatic rings. The third-order valence-corrected chi connectivity index (χ3v) is 10.5. The lowest BCUT2D eigenvalue weighted by atomic mass is 9.54.